The van der Waals surface area contributed by atoms with E-state index in [-0.39, 0.29) is 29.8 Å². The van der Waals surface area contributed by atoms with Crippen molar-refractivity contribution in [3.8, 4) is 0 Å². The number of amides is 2. The molecule has 0 spiro atoms. The highest BCUT2D eigenvalue weighted by molar-refractivity contribution is 6.34. The van der Waals surface area contributed by atoms with Gasteiger partial charge >= 0.3 is 0 Å². The van der Waals surface area contributed by atoms with E-state index in [4.69, 9.17) is 17.3 Å². The highest BCUT2D eigenvalue weighted by Crippen LogP contribution is 2.28. The van der Waals surface area contributed by atoms with Crippen molar-refractivity contribution in [2.75, 3.05) is 12.4 Å². The molecule has 3 rings (SSSR count). The lowest BCUT2D eigenvalue weighted by atomic mass is 9.85. The fraction of sp³-hybridized carbons (Fsp3) is 0.619. The maximum absolute atomic E-state index is 12.8. The SMILES string of the molecule is CN(C(=O)c1ccc(NC(=O)[C@@H]2CCC[C@H](N)C2)cc1Cl)C1CCCCC1. The van der Waals surface area contributed by atoms with Gasteiger partial charge in [-0.15, -0.1) is 0 Å². The van der Waals surface area contributed by atoms with E-state index in [1.54, 1.807) is 18.2 Å². The highest BCUT2D eigenvalue weighted by Gasteiger charge is 2.27. The van der Waals surface area contributed by atoms with Crippen molar-refractivity contribution >= 4 is 29.1 Å². The minimum absolute atomic E-state index is 0.0142. The molecule has 0 saturated heterocycles. The van der Waals surface area contributed by atoms with Crippen LogP contribution in [0.4, 0.5) is 5.69 Å². The molecule has 5 nitrogen and oxygen atoms in total. The molecule has 0 radical (unpaired) electrons. The van der Waals surface area contributed by atoms with Gasteiger partial charge < -0.3 is 16.0 Å². The normalized spacial score (nSPS) is 23.7. The van der Waals surface area contributed by atoms with Gasteiger partial charge in [0, 0.05) is 30.7 Å². The van der Waals surface area contributed by atoms with E-state index in [1.807, 2.05) is 11.9 Å². The van der Waals surface area contributed by atoms with Gasteiger partial charge in [0.25, 0.3) is 5.91 Å². The Labute approximate surface area is 166 Å². The lowest BCUT2D eigenvalue weighted by molar-refractivity contribution is -0.120. The molecule has 148 valence electrons. The summed E-state index contributed by atoms with van der Waals surface area (Å²) in [6.07, 6.45) is 9.27. The lowest BCUT2D eigenvalue weighted by Gasteiger charge is -2.31. The molecular formula is C21H30ClN3O2. The Balaban J connectivity index is 1.64. The minimum atomic E-state index is -0.0527. The summed E-state index contributed by atoms with van der Waals surface area (Å²) < 4.78 is 0. The first kappa shape index (κ1) is 20.2. The van der Waals surface area contributed by atoms with Crippen LogP contribution in [0.15, 0.2) is 18.2 Å². The molecule has 2 aliphatic rings. The maximum Gasteiger partial charge on any atom is 0.255 e. The third-order valence-electron chi connectivity index (χ3n) is 6.00. The zero-order valence-corrected chi connectivity index (χ0v) is 16.8. The van der Waals surface area contributed by atoms with Crippen LogP contribution >= 0.6 is 11.6 Å². The Kier molecular flexibility index (Phi) is 6.77. The van der Waals surface area contributed by atoms with Crippen LogP contribution in [-0.4, -0.2) is 35.8 Å². The average molecular weight is 392 g/mol. The third kappa shape index (κ3) is 5.02. The number of rotatable bonds is 4. The smallest absolute Gasteiger partial charge is 0.255 e. The van der Waals surface area contributed by atoms with Gasteiger partial charge in [0.15, 0.2) is 0 Å². The molecule has 2 amide bonds. The molecule has 6 heteroatoms. The monoisotopic (exact) mass is 391 g/mol. The fourth-order valence-electron chi connectivity index (χ4n) is 4.30. The molecule has 0 aromatic heterocycles. The summed E-state index contributed by atoms with van der Waals surface area (Å²) in [6, 6.07) is 5.54. The Morgan fingerprint density at radius 3 is 2.52 bits per heavy atom. The van der Waals surface area contributed by atoms with Crippen molar-refractivity contribution in [2.45, 2.75) is 69.9 Å². The lowest BCUT2D eigenvalue weighted by Crippen LogP contribution is -2.38. The number of hydrogen-bond acceptors (Lipinski definition) is 3. The molecule has 0 aliphatic heterocycles. The number of hydrogen-bond donors (Lipinski definition) is 2. The van der Waals surface area contributed by atoms with E-state index in [9.17, 15) is 9.59 Å². The van der Waals surface area contributed by atoms with E-state index >= 15 is 0 Å². The first-order valence-electron chi connectivity index (χ1n) is 10.1. The molecular weight excluding hydrogens is 362 g/mol. The van der Waals surface area contributed by atoms with Gasteiger partial charge in [-0.1, -0.05) is 37.3 Å². The van der Waals surface area contributed by atoms with Crippen molar-refractivity contribution in [3.05, 3.63) is 28.8 Å². The third-order valence-corrected chi connectivity index (χ3v) is 6.31. The summed E-state index contributed by atoms with van der Waals surface area (Å²) in [7, 11) is 1.86. The summed E-state index contributed by atoms with van der Waals surface area (Å²) in [4.78, 5) is 27.1. The Morgan fingerprint density at radius 2 is 1.85 bits per heavy atom. The zero-order chi connectivity index (χ0) is 19.4. The predicted molar refractivity (Wildman–Crippen MR) is 109 cm³/mol. The van der Waals surface area contributed by atoms with E-state index in [1.165, 1.54) is 19.3 Å². The summed E-state index contributed by atoms with van der Waals surface area (Å²) in [5.41, 5.74) is 7.09. The van der Waals surface area contributed by atoms with E-state index < -0.39 is 0 Å². The number of nitrogens with two attached hydrogens (primary N) is 1. The zero-order valence-electron chi connectivity index (χ0n) is 16.0. The van der Waals surface area contributed by atoms with Crippen molar-refractivity contribution in [3.63, 3.8) is 0 Å². The first-order chi connectivity index (χ1) is 13.0. The molecule has 27 heavy (non-hydrogen) atoms. The summed E-state index contributed by atoms with van der Waals surface area (Å²) in [6.45, 7) is 0. The molecule has 2 aliphatic carbocycles. The van der Waals surface area contributed by atoms with Crippen molar-refractivity contribution in [1.82, 2.24) is 4.90 Å². The van der Waals surface area contributed by atoms with Crippen LogP contribution in [0.25, 0.3) is 0 Å². The topological polar surface area (TPSA) is 75.4 Å². The van der Waals surface area contributed by atoms with E-state index in [0.29, 0.717) is 16.3 Å². The molecule has 2 saturated carbocycles. The van der Waals surface area contributed by atoms with Gasteiger partial charge in [0.2, 0.25) is 5.91 Å². The highest BCUT2D eigenvalue weighted by atomic mass is 35.5. The second-order valence-corrected chi connectivity index (χ2v) is 8.42. The molecule has 0 unspecified atom stereocenters. The van der Waals surface area contributed by atoms with Crippen LogP contribution in [-0.2, 0) is 4.79 Å². The molecule has 0 bridgehead atoms. The number of nitrogens with zero attached hydrogens (tertiary/aromatic N) is 1. The number of carbonyl (C=O) groups excluding carboxylic acids is 2. The summed E-state index contributed by atoms with van der Waals surface area (Å²) >= 11 is 6.38. The molecule has 3 N–H and O–H groups in total. The largest absolute Gasteiger partial charge is 0.339 e. The molecule has 1 aromatic rings. The average Bonchev–Trinajstić information content (AvgIpc) is 2.67. The molecule has 0 heterocycles. The second-order valence-electron chi connectivity index (χ2n) is 8.02. The van der Waals surface area contributed by atoms with Gasteiger partial charge in [0.05, 0.1) is 10.6 Å². The van der Waals surface area contributed by atoms with Crippen molar-refractivity contribution < 1.29 is 9.59 Å². The fourth-order valence-corrected chi connectivity index (χ4v) is 4.56. The van der Waals surface area contributed by atoms with Gasteiger partial charge in [0.1, 0.15) is 0 Å². The summed E-state index contributed by atoms with van der Waals surface area (Å²) in [5, 5.41) is 3.30. The number of nitrogens with one attached hydrogen (secondary N) is 1. The first-order valence-corrected chi connectivity index (χ1v) is 10.5. The van der Waals surface area contributed by atoms with Gasteiger partial charge in [-0.3, -0.25) is 9.59 Å². The number of anilines is 1. The van der Waals surface area contributed by atoms with Crippen LogP contribution in [0.3, 0.4) is 0 Å². The van der Waals surface area contributed by atoms with Gasteiger partial charge in [-0.05, 0) is 50.3 Å². The Morgan fingerprint density at radius 1 is 1.11 bits per heavy atom. The number of carbonyl (C=O) groups is 2. The maximum atomic E-state index is 12.8. The van der Waals surface area contributed by atoms with Crippen LogP contribution < -0.4 is 11.1 Å². The van der Waals surface area contributed by atoms with E-state index in [2.05, 4.69) is 5.32 Å². The summed E-state index contributed by atoms with van der Waals surface area (Å²) in [5.74, 6) is -0.117. The standard InChI is InChI=1S/C21H30ClN3O2/c1-25(17-8-3-2-4-9-17)21(27)18-11-10-16(13-19(18)22)24-20(26)14-6-5-7-15(23)12-14/h10-11,13-15,17H,2-9,12,23H2,1H3,(H,24,26)/t14-,15+/m1/s1. The minimum Gasteiger partial charge on any atom is -0.339 e. The van der Waals surface area contributed by atoms with Gasteiger partial charge in [-0.2, -0.15) is 0 Å². The van der Waals surface area contributed by atoms with E-state index in [0.717, 1.165) is 38.5 Å². The quantitative estimate of drug-likeness (QED) is 0.807. The van der Waals surface area contributed by atoms with Crippen molar-refractivity contribution in [1.29, 1.82) is 0 Å². The molecule has 2 atom stereocenters. The van der Waals surface area contributed by atoms with Gasteiger partial charge in [-0.25, -0.2) is 0 Å². The molecule has 2 fully saturated rings. The predicted octanol–water partition coefficient (Wildman–Crippen LogP) is 4.20. The Bertz CT molecular complexity index is 688. The number of halogens is 1. The van der Waals surface area contributed by atoms with Crippen LogP contribution in [0, 0.1) is 5.92 Å². The number of benzene rings is 1. The van der Waals surface area contributed by atoms with Crippen LogP contribution in [0.2, 0.25) is 5.02 Å². The Hall–Kier alpha value is -1.59. The molecule has 1 aromatic carbocycles. The van der Waals surface area contributed by atoms with Crippen LogP contribution in [0.5, 0.6) is 0 Å². The van der Waals surface area contributed by atoms with Crippen molar-refractivity contribution in [2.24, 2.45) is 11.7 Å². The van der Waals surface area contributed by atoms with Crippen LogP contribution in [0.1, 0.15) is 68.1 Å². The second kappa shape index (κ2) is 9.07.